The van der Waals surface area contributed by atoms with Gasteiger partial charge in [-0.25, -0.2) is 0 Å². The van der Waals surface area contributed by atoms with Gasteiger partial charge in [-0.05, 0) is 42.3 Å². The summed E-state index contributed by atoms with van der Waals surface area (Å²) < 4.78 is 44.0. The average molecular weight is 397 g/mol. The van der Waals surface area contributed by atoms with Crippen molar-refractivity contribution in [1.82, 2.24) is 10.2 Å². The van der Waals surface area contributed by atoms with Crippen molar-refractivity contribution in [3.63, 3.8) is 0 Å². The maximum Gasteiger partial charge on any atom is 0.432 e. The molecule has 0 atom stereocenters. The number of aromatic amines is 1. The van der Waals surface area contributed by atoms with Gasteiger partial charge in [0.15, 0.2) is 0 Å². The highest BCUT2D eigenvalue weighted by Crippen LogP contribution is 2.39. The number of alkyl halides is 3. The lowest BCUT2D eigenvalue weighted by Crippen LogP contribution is -2.04. The fraction of sp³-hybridized carbons (Fsp3) is 0.211. The van der Waals surface area contributed by atoms with Gasteiger partial charge in [0.05, 0.1) is 5.69 Å². The molecule has 0 unspecified atom stereocenters. The molecule has 0 aliphatic heterocycles. The quantitative estimate of drug-likeness (QED) is 0.590. The highest BCUT2D eigenvalue weighted by atomic mass is 35.5. The number of H-pyrrole nitrogens is 1. The highest BCUT2D eigenvalue weighted by Gasteiger charge is 2.33. The number of hydrogen-bond acceptors (Lipinski definition) is 3. The lowest BCUT2D eigenvalue weighted by molar-refractivity contribution is -0.141. The molecule has 27 heavy (non-hydrogen) atoms. The van der Waals surface area contributed by atoms with E-state index < -0.39 is 11.9 Å². The minimum Gasteiger partial charge on any atom is -0.507 e. The summed E-state index contributed by atoms with van der Waals surface area (Å²) in [5.41, 5.74) is 0.638. The Labute approximate surface area is 158 Å². The molecule has 3 aromatic rings. The first-order valence-electron chi connectivity index (χ1n) is 8.14. The largest absolute Gasteiger partial charge is 0.507 e. The summed E-state index contributed by atoms with van der Waals surface area (Å²) in [4.78, 5) is 0. The summed E-state index contributed by atoms with van der Waals surface area (Å²) in [5, 5.41) is 16.8. The Morgan fingerprint density at radius 2 is 1.85 bits per heavy atom. The molecule has 3 rings (SSSR count). The van der Waals surface area contributed by atoms with Crippen LogP contribution in [0.5, 0.6) is 11.5 Å². The van der Waals surface area contributed by atoms with E-state index in [2.05, 4.69) is 5.10 Å². The van der Waals surface area contributed by atoms with Crippen LogP contribution in [0.4, 0.5) is 13.2 Å². The SMILES string of the molecule is CCc1c(OCc2ccc(Cl)cc2)ccc(-c2cc(C(F)(F)F)[nH]n2)c1O. The van der Waals surface area contributed by atoms with Gasteiger partial charge in [-0.2, -0.15) is 18.3 Å². The van der Waals surface area contributed by atoms with Crippen molar-refractivity contribution in [2.45, 2.75) is 26.1 Å². The van der Waals surface area contributed by atoms with Gasteiger partial charge >= 0.3 is 6.18 Å². The van der Waals surface area contributed by atoms with Gasteiger partial charge in [-0.3, -0.25) is 5.10 Å². The zero-order valence-corrected chi connectivity index (χ0v) is 15.0. The molecular formula is C19H16ClF3N2O2. The van der Waals surface area contributed by atoms with E-state index in [-0.39, 0.29) is 23.6 Å². The smallest absolute Gasteiger partial charge is 0.432 e. The number of hydrogen-bond donors (Lipinski definition) is 2. The van der Waals surface area contributed by atoms with E-state index in [1.807, 2.05) is 24.2 Å². The van der Waals surface area contributed by atoms with Crippen LogP contribution in [0.15, 0.2) is 42.5 Å². The van der Waals surface area contributed by atoms with Crippen molar-refractivity contribution in [1.29, 1.82) is 0 Å². The van der Waals surface area contributed by atoms with E-state index in [4.69, 9.17) is 16.3 Å². The molecule has 0 saturated carbocycles. The Bertz CT molecular complexity index is 937. The maximum atomic E-state index is 12.8. The van der Waals surface area contributed by atoms with Gasteiger partial charge in [0.2, 0.25) is 0 Å². The molecule has 0 saturated heterocycles. The molecule has 1 heterocycles. The molecule has 0 radical (unpaired) electrons. The molecule has 0 spiro atoms. The van der Waals surface area contributed by atoms with Crippen LogP contribution in [-0.2, 0) is 19.2 Å². The summed E-state index contributed by atoms with van der Waals surface area (Å²) in [5.74, 6) is 0.312. The van der Waals surface area contributed by atoms with Crippen molar-refractivity contribution >= 4 is 11.6 Å². The van der Waals surface area contributed by atoms with E-state index in [1.54, 1.807) is 18.2 Å². The number of rotatable bonds is 5. The summed E-state index contributed by atoms with van der Waals surface area (Å²) >= 11 is 5.85. The molecule has 0 fully saturated rings. The van der Waals surface area contributed by atoms with Crippen molar-refractivity contribution in [3.05, 3.63) is 64.3 Å². The molecule has 4 nitrogen and oxygen atoms in total. The maximum absolute atomic E-state index is 12.8. The average Bonchev–Trinajstić information content (AvgIpc) is 3.11. The minimum absolute atomic E-state index is 0.0128. The number of benzene rings is 2. The van der Waals surface area contributed by atoms with Crippen molar-refractivity contribution < 1.29 is 23.0 Å². The van der Waals surface area contributed by atoms with Gasteiger partial charge in [0.1, 0.15) is 23.8 Å². The van der Waals surface area contributed by atoms with Crippen LogP contribution in [0.1, 0.15) is 23.7 Å². The van der Waals surface area contributed by atoms with Crippen molar-refractivity contribution in [2.75, 3.05) is 0 Å². The van der Waals surface area contributed by atoms with Crippen LogP contribution in [0, 0.1) is 0 Å². The predicted molar refractivity (Wildman–Crippen MR) is 95.9 cm³/mol. The standard InChI is InChI=1S/C19H16ClF3N2O2/c1-2-13-16(27-10-11-3-5-12(20)6-4-11)8-7-14(18(13)26)15-9-17(25-24-15)19(21,22)23/h3-9,26H,2,10H2,1H3,(H,24,25). The topological polar surface area (TPSA) is 58.1 Å². The van der Waals surface area contributed by atoms with E-state index in [0.29, 0.717) is 22.8 Å². The van der Waals surface area contributed by atoms with Crippen LogP contribution < -0.4 is 4.74 Å². The predicted octanol–water partition coefficient (Wildman–Crippen LogP) is 5.60. The molecular weight excluding hydrogens is 381 g/mol. The fourth-order valence-electron chi connectivity index (χ4n) is 2.65. The third-order valence-electron chi connectivity index (χ3n) is 4.06. The van der Waals surface area contributed by atoms with Crippen LogP contribution in [0.2, 0.25) is 5.02 Å². The second-order valence-electron chi connectivity index (χ2n) is 5.87. The monoisotopic (exact) mass is 396 g/mol. The number of phenols is 1. The van der Waals surface area contributed by atoms with Gasteiger partial charge in [0.25, 0.3) is 0 Å². The first-order chi connectivity index (χ1) is 12.8. The zero-order chi connectivity index (χ0) is 19.6. The molecule has 1 aromatic heterocycles. The third-order valence-corrected chi connectivity index (χ3v) is 4.31. The lowest BCUT2D eigenvalue weighted by Gasteiger charge is -2.14. The normalized spacial score (nSPS) is 11.6. The fourth-order valence-corrected chi connectivity index (χ4v) is 2.77. The van der Waals surface area contributed by atoms with Gasteiger partial charge in [0, 0.05) is 16.1 Å². The zero-order valence-electron chi connectivity index (χ0n) is 14.3. The van der Waals surface area contributed by atoms with Crippen LogP contribution >= 0.6 is 11.6 Å². The highest BCUT2D eigenvalue weighted by molar-refractivity contribution is 6.30. The number of nitrogens with one attached hydrogen (secondary N) is 1. The summed E-state index contributed by atoms with van der Waals surface area (Å²) in [6.45, 7) is 2.09. The second-order valence-corrected chi connectivity index (χ2v) is 6.31. The first kappa shape index (κ1) is 19.1. The van der Waals surface area contributed by atoms with Gasteiger partial charge < -0.3 is 9.84 Å². The number of nitrogens with zero attached hydrogens (tertiary/aromatic N) is 1. The van der Waals surface area contributed by atoms with E-state index in [1.165, 1.54) is 6.07 Å². The third kappa shape index (κ3) is 4.19. The Hall–Kier alpha value is -2.67. The lowest BCUT2D eigenvalue weighted by atomic mass is 10.0. The summed E-state index contributed by atoms with van der Waals surface area (Å²) in [6.07, 6.45) is -4.09. The first-order valence-corrected chi connectivity index (χ1v) is 8.52. The van der Waals surface area contributed by atoms with Gasteiger partial charge in [-0.1, -0.05) is 30.7 Å². The number of halogens is 4. The molecule has 2 N–H and O–H groups in total. The van der Waals surface area contributed by atoms with Crippen molar-refractivity contribution in [2.24, 2.45) is 0 Å². The Balaban J connectivity index is 1.87. The molecule has 0 bridgehead atoms. The Morgan fingerprint density at radius 1 is 1.15 bits per heavy atom. The molecule has 0 aliphatic rings. The van der Waals surface area contributed by atoms with Crippen LogP contribution in [0.25, 0.3) is 11.3 Å². The van der Waals surface area contributed by atoms with Crippen LogP contribution in [-0.4, -0.2) is 15.3 Å². The van der Waals surface area contributed by atoms with E-state index in [9.17, 15) is 18.3 Å². The minimum atomic E-state index is -4.53. The summed E-state index contributed by atoms with van der Waals surface area (Å²) in [6, 6.07) is 11.1. The Morgan fingerprint density at radius 3 is 2.44 bits per heavy atom. The molecule has 8 heteroatoms. The van der Waals surface area contributed by atoms with E-state index >= 15 is 0 Å². The van der Waals surface area contributed by atoms with Crippen molar-refractivity contribution in [3.8, 4) is 22.8 Å². The molecule has 0 aliphatic carbocycles. The Kier molecular flexibility index (Phi) is 5.32. The molecule has 2 aromatic carbocycles. The number of aromatic nitrogens is 2. The number of phenolic OH excluding ortho intramolecular Hbond substituents is 1. The van der Waals surface area contributed by atoms with E-state index in [0.717, 1.165) is 11.6 Å². The van der Waals surface area contributed by atoms with Crippen LogP contribution in [0.3, 0.4) is 0 Å². The van der Waals surface area contributed by atoms with Gasteiger partial charge in [-0.15, -0.1) is 0 Å². The molecule has 142 valence electrons. The number of ether oxygens (including phenoxy) is 1. The summed E-state index contributed by atoms with van der Waals surface area (Å²) in [7, 11) is 0. The molecule has 0 amide bonds. The number of aromatic hydroxyl groups is 1. The second kappa shape index (κ2) is 7.52.